The highest BCUT2D eigenvalue weighted by Crippen LogP contribution is 2.33. The van der Waals surface area contributed by atoms with Crippen LogP contribution in [0, 0.1) is 0 Å². The first kappa shape index (κ1) is 28.0. The van der Waals surface area contributed by atoms with Gasteiger partial charge < -0.3 is 19.4 Å². The Morgan fingerprint density at radius 1 is 0.949 bits per heavy atom. The lowest BCUT2D eigenvalue weighted by Crippen LogP contribution is -2.22. The second-order valence-corrected chi connectivity index (χ2v) is 11.0. The normalized spacial score (nSPS) is 11.9. The quantitative estimate of drug-likeness (QED) is 0.314. The predicted molar refractivity (Wildman–Crippen MR) is 139 cm³/mol. The second-order valence-electron chi connectivity index (χ2n) is 8.67. The fourth-order valence-electron chi connectivity index (χ4n) is 4.05. The molecule has 0 atom stereocenters. The van der Waals surface area contributed by atoms with E-state index in [1.54, 1.807) is 37.3 Å². The van der Waals surface area contributed by atoms with Crippen molar-refractivity contribution >= 4 is 26.8 Å². The van der Waals surface area contributed by atoms with Crippen LogP contribution >= 0.6 is 0 Å². The van der Waals surface area contributed by atoms with Gasteiger partial charge in [0.1, 0.15) is 11.5 Å². The number of nitrogens with one attached hydrogen (secondary N) is 1. The molecule has 0 spiro atoms. The number of imidazole rings is 1. The maximum absolute atomic E-state index is 13.9. The van der Waals surface area contributed by atoms with Crippen LogP contribution in [0.2, 0.25) is 0 Å². The van der Waals surface area contributed by atoms with Gasteiger partial charge in [0, 0.05) is 24.7 Å². The largest absolute Gasteiger partial charge is 0.497 e. The van der Waals surface area contributed by atoms with Crippen LogP contribution in [0.4, 0.5) is 13.2 Å². The number of benzene rings is 3. The molecule has 1 amide bonds. The summed E-state index contributed by atoms with van der Waals surface area (Å²) in [6.45, 7) is 1.49. The minimum Gasteiger partial charge on any atom is -0.497 e. The van der Waals surface area contributed by atoms with Crippen LogP contribution in [0.15, 0.2) is 65.6 Å². The highest BCUT2D eigenvalue weighted by molar-refractivity contribution is 7.91. The Bertz CT molecular complexity index is 1590. The SMILES string of the molecule is CCS(=O)(=O)c1ccc(CNC(=O)c2ccc3c(c2)nc(C(F)(F)F)n3Cc2cc(OC)cc(OC)c2)cc1. The molecule has 4 aromatic rings. The third-order valence-corrected chi connectivity index (χ3v) is 7.88. The lowest BCUT2D eigenvalue weighted by atomic mass is 10.1. The fourth-order valence-corrected chi connectivity index (χ4v) is 4.94. The lowest BCUT2D eigenvalue weighted by molar-refractivity contribution is -0.146. The maximum Gasteiger partial charge on any atom is 0.449 e. The number of halogens is 3. The molecular formula is C27H26F3N3O5S. The topological polar surface area (TPSA) is 99.5 Å². The van der Waals surface area contributed by atoms with Crippen LogP contribution in [0.3, 0.4) is 0 Å². The molecule has 0 saturated carbocycles. The standard InChI is InChI=1S/C27H26F3N3O5S/c1-4-39(35,36)22-8-5-17(6-9-22)15-31-25(34)19-7-10-24-23(13-19)32-26(27(28,29)30)33(24)16-18-11-20(37-2)14-21(12-18)38-3/h5-14H,4,15-16H2,1-3H3,(H,31,34). The van der Waals surface area contributed by atoms with E-state index >= 15 is 0 Å². The monoisotopic (exact) mass is 561 g/mol. The van der Waals surface area contributed by atoms with E-state index in [9.17, 15) is 26.4 Å². The molecule has 3 aromatic carbocycles. The fraction of sp³-hybridized carbons (Fsp3) is 0.259. The first-order valence-corrected chi connectivity index (χ1v) is 13.5. The number of rotatable bonds is 9. The zero-order valence-electron chi connectivity index (χ0n) is 21.4. The summed E-state index contributed by atoms with van der Waals surface area (Å²) in [6, 6.07) is 15.1. The second kappa shape index (κ2) is 11.0. The zero-order valence-corrected chi connectivity index (χ0v) is 22.2. The minimum absolute atomic E-state index is 0.0129. The van der Waals surface area contributed by atoms with Gasteiger partial charge in [0.25, 0.3) is 5.91 Å². The van der Waals surface area contributed by atoms with Gasteiger partial charge in [-0.1, -0.05) is 19.1 Å². The minimum atomic E-state index is -4.73. The van der Waals surface area contributed by atoms with E-state index in [2.05, 4.69) is 10.3 Å². The smallest absolute Gasteiger partial charge is 0.449 e. The summed E-state index contributed by atoms with van der Waals surface area (Å²) in [5.74, 6) is -0.766. The Balaban J connectivity index is 1.59. The van der Waals surface area contributed by atoms with Crippen LogP contribution in [-0.4, -0.2) is 43.8 Å². The number of nitrogens with zero attached hydrogens (tertiary/aromatic N) is 2. The van der Waals surface area contributed by atoms with E-state index < -0.39 is 27.7 Å². The molecule has 0 bridgehead atoms. The number of carbonyl (C=O) groups excluding carboxylic acids is 1. The van der Waals surface area contributed by atoms with Crippen molar-refractivity contribution in [3.05, 3.63) is 83.2 Å². The number of aromatic nitrogens is 2. The van der Waals surface area contributed by atoms with E-state index in [1.165, 1.54) is 44.6 Å². The summed E-state index contributed by atoms with van der Waals surface area (Å²) in [7, 11) is -0.440. The molecule has 0 aliphatic rings. The van der Waals surface area contributed by atoms with Gasteiger partial charge in [0.2, 0.25) is 5.82 Å². The van der Waals surface area contributed by atoms with E-state index in [0.29, 0.717) is 22.6 Å². The molecule has 0 aliphatic heterocycles. The van der Waals surface area contributed by atoms with Gasteiger partial charge in [-0.15, -0.1) is 0 Å². The summed E-state index contributed by atoms with van der Waals surface area (Å²) in [6.07, 6.45) is -4.73. The molecule has 0 aliphatic carbocycles. The summed E-state index contributed by atoms with van der Waals surface area (Å²) in [4.78, 5) is 16.8. The van der Waals surface area contributed by atoms with Crippen LogP contribution in [0.5, 0.6) is 11.5 Å². The molecule has 1 N–H and O–H groups in total. The van der Waals surface area contributed by atoms with Gasteiger partial charge in [-0.3, -0.25) is 4.79 Å². The Kier molecular flexibility index (Phi) is 7.86. The van der Waals surface area contributed by atoms with Gasteiger partial charge in [0.05, 0.1) is 35.9 Å². The number of amides is 1. The van der Waals surface area contributed by atoms with Gasteiger partial charge >= 0.3 is 6.18 Å². The maximum atomic E-state index is 13.9. The number of hydrogen-bond acceptors (Lipinski definition) is 6. The van der Waals surface area contributed by atoms with Gasteiger partial charge in [-0.2, -0.15) is 13.2 Å². The molecule has 0 radical (unpaired) electrons. The van der Waals surface area contributed by atoms with Crippen molar-refractivity contribution in [1.82, 2.24) is 14.9 Å². The molecular weight excluding hydrogens is 535 g/mol. The van der Waals surface area contributed by atoms with E-state index in [4.69, 9.17) is 9.47 Å². The number of fused-ring (bicyclic) bond motifs is 1. The van der Waals surface area contributed by atoms with E-state index in [1.807, 2.05) is 0 Å². The van der Waals surface area contributed by atoms with Crippen molar-refractivity contribution in [3.8, 4) is 11.5 Å². The average Bonchev–Trinajstić information content (AvgIpc) is 3.29. The van der Waals surface area contributed by atoms with Gasteiger partial charge in [-0.05, 0) is 53.6 Å². The van der Waals surface area contributed by atoms with Crippen molar-refractivity contribution in [2.75, 3.05) is 20.0 Å². The number of sulfone groups is 1. The number of alkyl halides is 3. The molecule has 4 rings (SSSR count). The molecule has 0 saturated heterocycles. The summed E-state index contributed by atoms with van der Waals surface area (Å²) in [5, 5.41) is 2.70. The third kappa shape index (κ3) is 6.17. The molecule has 1 heterocycles. The molecule has 8 nitrogen and oxygen atoms in total. The number of hydrogen-bond donors (Lipinski definition) is 1. The molecule has 0 fully saturated rings. The number of carbonyl (C=O) groups is 1. The molecule has 1 aromatic heterocycles. The zero-order chi connectivity index (χ0) is 28.4. The molecule has 12 heteroatoms. The van der Waals surface area contributed by atoms with Crippen LogP contribution in [0.25, 0.3) is 11.0 Å². The van der Waals surface area contributed by atoms with Gasteiger partial charge in [0.15, 0.2) is 9.84 Å². The molecule has 206 valence electrons. The molecule has 39 heavy (non-hydrogen) atoms. The lowest BCUT2D eigenvalue weighted by Gasteiger charge is -2.13. The first-order valence-electron chi connectivity index (χ1n) is 11.8. The van der Waals surface area contributed by atoms with Crippen molar-refractivity contribution in [3.63, 3.8) is 0 Å². The van der Waals surface area contributed by atoms with Crippen molar-refractivity contribution in [2.45, 2.75) is 31.1 Å². The Labute approximate surface area is 223 Å². The van der Waals surface area contributed by atoms with Crippen molar-refractivity contribution in [1.29, 1.82) is 0 Å². The average molecular weight is 562 g/mol. The summed E-state index contributed by atoms with van der Waals surface area (Å²) < 4.78 is 77.2. The van der Waals surface area contributed by atoms with Crippen LogP contribution in [-0.2, 0) is 29.1 Å². The number of ether oxygens (including phenoxy) is 2. The van der Waals surface area contributed by atoms with Crippen LogP contribution < -0.4 is 14.8 Å². The highest BCUT2D eigenvalue weighted by atomic mass is 32.2. The highest BCUT2D eigenvalue weighted by Gasteiger charge is 2.37. The van der Waals surface area contributed by atoms with E-state index in [-0.39, 0.29) is 40.3 Å². The Hall–Kier alpha value is -4.06. The first-order chi connectivity index (χ1) is 18.4. The van der Waals surface area contributed by atoms with Crippen LogP contribution in [0.1, 0.15) is 34.2 Å². The van der Waals surface area contributed by atoms with Gasteiger partial charge in [-0.25, -0.2) is 13.4 Å². The third-order valence-electron chi connectivity index (χ3n) is 6.13. The summed E-state index contributed by atoms with van der Waals surface area (Å²) in [5.41, 5.74) is 1.52. The Morgan fingerprint density at radius 2 is 1.59 bits per heavy atom. The van der Waals surface area contributed by atoms with E-state index in [0.717, 1.165) is 4.57 Å². The number of methoxy groups -OCH3 is 2. The Morgan fingerprint density at radius 3 is 2.15 bits per heavy atom. The predicted octanol–water partition coefficient (Wildman–Crippen LogP) is 4.84. The van der Waals surface area contributed by atoms with Crippen molar-refractivity contribution < 1.29 is 35.9 Å². The van der Waals surface area contributed by atoms with Crippen molar-refractivity contribution in [2.24, 2.45) is 0 Å². The molecule has 0 unspecified atom stereocenters. The summed E-state index contributed by atoms with van der Waals surface area (Å²) >= 11 is 0.